The van der Waals surface area contributed by atoms with Crippen molar-refractivity contribution >= 4 is 29.5 Å². The van der Waals surface area contributed by atoms with E-state index in [4.69, 9.17) is 11.6 Å². The Hall–Kier alpha value is -2.60. The van der Waals surface area contributed by atoms with E-state index >= 15 is 0 Å². The summed E-state index contributed by atoms with van der Waals surface area (Å²) in [6.45, 7) is 6.82. The number of rotatable bonds is 8. The van der Waals surface area contributed by atoms with E-state index in [9.17, 15) is 9.59 Å². The van der Waals surface area contributed by atoms with Gasteiger partial charge in [-0.3, -0.25) is 9.59 Å². The lowest BCUT2D eigenvalue weighted by Gasteiger charge is -2.07. The molecule has 0 radical (unpaired) electrons. The SMILES string of the molecule is Cc1nn(Cc2ccccc2)c(Cl)c1/C=C/C(=O)NCCNC(=O)C(C)C. The van der Waals surface area contributed by atoms with Gasteiger partial charge in [-0.2, -0.15) is 5.10 Å². The Labute approximate surface area is 164 Å². The van der Waals surface area contributed by atoms with Gasteiger partial charge in [0.1, 0.15) is 5.15 Å². The first-order valence-corrected chi connectivity index (χ1v) is 9.26. The number of benzene rings is 1. The number of carbonyl (C=O) groups is 2. The molecule has 0 spiro atoms. The van der Waals surface area contributed by atoms with Gasteiger partial charge in [0.25, 0.3) is 0 Å². The molecule has 27 heavy (non-hydrogen) atoms. The number of aromatic nitrogens is 2. The molecule has 0 unspecified atom stereocenters. The smallest absolute Gasteiger partial charge is 0.244 e. The Balaban J connectivity index is 1.90. The van der Waals surface area contributed by atoms with Gasteiger partial charge in [-0.1, -0.05) is 55.8 Å². The molecule has 7 heteroatoms. The van der Waals surface area contributed by atoms with Gasteiger partial charge >= 0.3 is 0 Å². The summed E-state index contributed by atoms with van der Waals surface area (Å²) in [5, 5.41) is 10.4. The highest BCUT2D eigenvalue weighted by Crippen LogP contribution is 2.22. The average molecular weight is 389 g/mol. The van der Waals surface area contributed by atoms with E-state index in [1.54, 1.807) is 10.8 Å². The van der Waals surface area contributed by atoms with Crippen molar-refractivity contribution in [3.63, 3.8) is 0 Å². The molecule has 0 saturated heterocycles. The number of hydrogen-bond acceptors (Lipinski definition) is 3. The molecule has 0 fully saturated rings. The van der Waals surface area contributed by atoms with Gasteiger partial charge in [-0.05, 0) is 18.6 Å². The van der Waals surface area contributed by atoms with Crippen LogP contribution in [-0.4, -0.2) is 34.7 Å². The second-order valence-electron chi connectivity index (χ2n) is 6.50. The van der Waals surface area contributed by atoms with Crippen molar-refractivity contribution in [2.24, 2.45) is 5.92 Å². The molecule has 1 aromatic carbocycles. The fraction of sp³-hybridized carbons (Fsp3) is 0.350. The van der Waals surface area contributed by atoms with Crippen molar-refractivity contribution in [2.75, 3.05) is 13.1 Å². The van der Waals surface area contributed by atoms with Gasteiger partial charge in [0.15, 0.2) is 0 Å². The monoisotopic (exact) mass is 388 g/mol. The zero-order valence-corrected chi connectivity index (χ0v) is 16.6. The predicted octanol–water partition coefficient (Wildman–Crippen LogP) is 2.79. The van der Waals surface area contributed by atoms with Crippen LogP contribution in [0.3, 0.4) is 0 Å². The van der Waals surface area contributed by atoms with Gasteiger partial charge < -0.3 is 10.6 Å². The van der Waals surface area contributed by atoms with Crippen molar-refractivity contribution in [3.05, 3.63) is 58.4 Å². The minimum atomic E-state index is -0.250. The van der Waals surface area contributed by atoms with E-state index in [2.05, 4.69) is 15.7 Å². The number of nitrogens with zero attached hydrogens (tertiary/aromatic N) is 2. The summed E-state index contributed by atoms with van der Waals surface area (Å²) in [6, 6.07) is 9.91. The predicted molar refractivity (Wildman–Crippen MR) is 107 cm³/mol. The van der Waals surface area contributed by atoms with E-state index < -0.39 is 0 Å². The first kappa shape index (κ1) is 20.7. The molecular weight excluding hydrogens is 364 g/mol. The van der Waals surface area contributed by atoms with Gasteiger partial charge in [0.2, 0.25) is 11.8 Å². The summed E-state index contributed by atoms with van der Waals surface area (Å²) in [5.41, 5.74) is 2.57. The van der Waals surface area contributed by atoms with Crippen LogP contribution in [0.15, 0.2) is 36.4 Å². The third kappa shape index (κ3) is 6.25. The molecule has 2 rings (SSSR count). The highest BCUT2D eigenvalue weighted by molar-refractivity contribution is 6.31. The Bertz CT molecular complexity index is 813. The fourth-order valence-corrected chi connectivity index (χ4v) is 2.71. The zero-order valence-electron chi connectivity index (χ0n) is 15.8. The molecule has 0 saturated carbocycles. The lowest BCUT2D eigenvalue weighted by Crippen LogP contribution is -2.35. The number of amides is 2. The number of halogens is 1. The highest BCUT2D eigenvalue weighted by Gasteiger charge is 2.12. The Morgan fingerprint density at radius 3 is 2.52 bits per heavy atom. The molecule has 0 aliphatic rings. The van der Waals surface area contributed by atoms with E-state index in [-0.39, 0.29) is 17.7 Å². The second kappa shape index (κ2) is 9.92. The van der Waals surface area contributed by atoms with Crippen molar-refractivity contribution in [1.82, 2.24) is 20.4 Å². The topological polar surface area (TPSA) is 76.0 Å². The molecule has 0 aliphatic carbocycles. The lowest BCUT2D eigenvalue weighted by molar-refractivity contribution is -0.124. The number of nitrogens with one attached hydrogen (secondary N) is 2. The van der Waals surface area contributed by atoms with Crippen LogP contribution in [0.1, 0.15) is 30.7 Å². The van der Waals surface area contributed by atoms with Gasteiger partial charge in [-0.25, -0.2) is 4.68 Å². The first-order valence-electron chi connectivity index (χ1n) is 8.89. The molecule has 0 atom stereocenters. The van der Waals surface area contributed by atoms with Crippen LogP contribution in [0, 0.1) is 12.8 Å². The fourth-order valence-electron chi connectivity index (χ4n) is 2.41. The third-order valence-electron chi connectivity index (χ3n) is 3.93. The normalized spacial score (nSPS) is 11.1. The molecule has 1 heterocycles. The van der Waals surface area contributed by atoms with Crippen LogP contribution in [-0.2, 0) is 16.1 Å². The van der Waals surface area contributed by atoms with E-state index in [0.29, 0.717) is 24.8 Å². The van der Waals surface area contributed by atoms with Crippen molar-refractivity contribution in [3.8, 4) is 0 Å². The Morgan fingerprint density at radius 2 is 1.85 bits per heavy atom. The average Bonchev–Trinajstić information content (AvgIpc) is 2.90. The maximum atomic E-state index is 11.9. The minimum Gasteiger partial charge on any atom is -0.354 e. The molecule has 0 bridgehead atoms. The van der Waals surface area contributed by atoms with Crippen LogP contribution in [0.2, 0.25) is 5.15 Å². The van der Waals surface area contributed by atoms with Crippen LogP contribution in [0.5, 0.6) is 0 Å². The van der Waals surface area contributed by atoms with E-state index in [1.807, 2.05) is 51.1 Å². The van der Waals surface area contributed by atoms with Crippen LogP contribution in [0.25, 0.3) is 6.08 Å². The quantitative estimate of drug-likeness (QED) is 0.539. The summed E-state index contributed by atoms with van der Waals surface area (Å²) in [6.07, 6.45) is 3.08. The van der Waals surface area contributed by atoms with Gasteiger partial charge in [0, 0.05) is 30.6 Å². The molecule has 144 valence electrons. The largest absolute Gasteiger partial charge is 0.354 e. The van der Waals surface area contributed by atoms with Crippen molar-refractivity contribution in [2.45, 2.75) is 27.3 Å². The number of aryl methyl sites for hydroxylation is 1. The molecule has 1 aromatic heterocycles. The van der Waals surface area contributed by atoms with Crippen LogP contribution < -0.4 is 10.6 Å². The molecule has 2 amide bonds. The number of hydrogen-bond donors (Lipinski definition) is 2. The maximum Gasteiger partial charge on any atom is 0.244 e. The molecular formula is C20H25ClN4O2. The lowest BCUT2D eigenvalue weighted by atomic mass is 10.2. The van der Waals surface area contributed by atoms with Crippen molar-refractivity contribution < 1.29 is 9.59 Å². The summed E-state index contributed by atoms with van der Waals surface area (Å²) >= 11 is 6.42. The molecule has 6 nitrogen and oxygen atoms in total. The molecule has 2 N–H and O–H groups in total. The minimum absolute atomic E-state index is 0.0342. The van der Waals surface area contributed by atoms with Crippen LogP contribution in [0.4, 0.5) is 0 Å². The highest BCUT2D eigenvalue weighted by atomic mass is 35.5. The van der Waals surface area contributed by atoms with Gasteiger partial charge in [-0.15, -0.1) is 0 Å². The molecule has 0 aliphatic heterocycles. The zero-order chi connectivity index (χ0) is 19.8. The standard InChI is InChI=1S/C20H25ClN4O2/c1-14(2)20(27)23-12-11-22-18(26)10-9-17-15(3)24-25(19(17)21)13-16-7-5-4-6-8-16/h4-10,14H,11-13H2,1-3H3,(H,22,26)(H,23,27)/b10-9+. The number of carbonyl (C=O) groups excluding carboxylic acids is 2. The first-order chi connectivity index (χ1) is 12.9. The van der Waals surface area contributed by atoms with Crippen LogP contribution >= 0.6 is 11.6 Å². The summed E-state index contributed by atoms with van der Waals surface area (Å²) in [4.78, 5) is 23.4. The second-order valence-corrected chi connectivity index (χ2v) is 6.86. The Morgan fingerprint density at radius 1 is 1.19 bits per heavy atom. The summed E-state index contributed by atoms with van der Waals surface area (Å²) in [7, 11) is 0. The van der Waals surface area contributed by atoms with Crippen molar-refractivity contribution in [1.29, 1.82) is 0 Å². The van der Waals surface area contributed by atoms with Gasteiger partial charge in [0.05, 0.1) is 12.2 Å². The Kier molecular flexibility index (Phi) is 7.61. The molecule has 2 aromatic rings. The van der Waals surface area contributed by atoms with E-state index in [1.165, 1.54) is 6.08 Å². The van der Waals surface area contributed by atoms with E-state index in [0.717, 1.165) is 16.8 Å². The maximum absolute atomic E-state index is 11.9. The summed E-state index contributed by atoms with van der Waals surface area (Å²) < 4.78 is 1.71. The third-order valence-corrected chi connectivity index (χ3v) is 4.33. The summed E-state index contributed by atoms with van der Waals surface area (Å²) in [5.74, 6) is -0.355.